The van der Waals surface area contributed by atoms with E-state index in [1.165, 1.54) is 0 Å². The van der Waals surface area contributed by atoms with Crippen LogP contribution in [0, 0.1) is 19.8 Å². The van der Waals surface area contributed by atoms with Gasteiger partial charge in [-0.3, -0.25) is 9.59 Å². The van der Waals surface area contributed by atoms with Crippen LogP contribution in [-0.4, -0.2) is 29.5 Å². The molecule has 0 spiro atoms. The molecule has 42 heavy (non-hydrogen) atoms. The van der Waals surface area contributed by atoms with Gasteiger partial charge in [0.2, 0.25) is 5.91 Å². The Morgan fingerprint density at radius 2 is 1.74 bits per heavy atom. The number of amides is 1. The van der Waals surface area contributed by atoms with E-state index >= 15 is 0 Å². The van der Waals surface area contributed by atoms with Gasteiger partial charge in [-0.05, 0) is 92.3 Å². The minimum Gasteiger partial charge on any atom is -0.493 e. The third-order valence-electron chi connectivity index (χ3n) is 8.01. The van der Waals surface area contributed by atoms with Gasteiger partial charge in [0, 0.05) is 12.0 Å². The molecule has 1 aliphatic heterocycles. The van der Waals surface area contributed by atoms with Crippen molar-refractivity contribution in [2.45, 2.75) is 83.6 Å². The van der Waals surface area contributed by atoms with Crippen LogP contribution in [-0.2, 0) is 28.9 Å². The van der Waals surface area contributed by atoms with Crippen LogP contribution in [0.1, 0.15) is 67.3 Å². The molecule has 224 valence electrons. The molecular formula is C35H42ClNO5. The summed E-state index contributed by atoms with van der Waals surface area (Å²) in [5.41, 5.74) is 9.76. The Morgan fingerprint density at radius 3 is 2.40 bits per heavy atom. The molecule has 4 rings (SSSR count). The molecule has 2 N–H and O–H groups in total. The standard InChI is InChI=1S/C35H42ClNO5/c1-23(2)14-16-35(18-19-40-28-12-10-27(11-13-28)21-30(36)34(37)39)17-15-29-25(4)33(24(3)20-31(29)42-35)41-32(38)22-26-8-6-5-7-9-26/h5-13,20,23,30H,14-19,21-22H2,1-4H3,(H2,37,39). The highest BCUT2D eigenvalue weighted by atomic mass is 35.5. The first-order valence-electron chi connectivity index (χ1n) is 14.8. The number of hydrogen-bond donors (Lipinski definition) is 1. The number of esters is 1. The van der Waals surface area contributed by atoms with Gasteiger partial charge in [-0.1, -0.05) is 56.3 Å². The molecule has 0 fully saturated rings. The lowest BCUT2D eigenvalue weighted by molar-refractivity contribution is -0.133. The average Bonchev–Trinajstić information content (AvgIpc) is 2.95. The first-order chi connectivity index (χ1) is 20.0. The highest BCUT2D eigenvalue weighted by molar-refractivity contribution is 6.30. The van der Waals surface area contributed by atoms with Crippen molar-refractivity contribution in [3.63, 3.8) is 0 Å². The van der Waals surface area contributed by atoms with Gasteiger partial charge in [0.15, 0.2) is 0 Å². The number of aryl methyl sites for hydroxylation is 1. The van der Waals surface area contributed by atoms with E-state index in [0.717, 1.165) is 71.4 Å². The Morgan fingerprint density at radius 1 is 1.02 bits per heavy atom. The number of hydrogen-bond acceptors (Lipinski definition) is 5. The van der Waals surface area contributed by atoms with E-state index in [1.807, 2.05) is 74.5 Å². The van der Waals surface area contributed by atoms with Crippen LogP contribution in [0.3, 0.4) is 0 Å². The number of primary amides is 1. The van der Waals surface area contributed by atoms with Crippen LogP contribution in [0.15, 0.2) is 60.7 Å². The molecule has 0 bridgehead atoms. The molecule has 0 saturated carbocycles. The third-order valence-corrected chi connectivity index (χ3v) is 8.38. The van der Waals surface area contributed by atoms with E-state index in [9.17, 15) is 9.59 Å². The highest BCUT2D eigenvalue weighted by Crippen LogP contribution is 2.44. The van der Waals surface area contributed by atoms with Gasteiger partial charge in [-0.25, -0.2) is 0 Å². The number of alkyl halides is 1. The van der Waals surface area contributed by atoms with E-state index in [2.05, 4.69) is 13.8 Å². The predicted octanol–water partition coefficient (Wildman–Crippen LogP) is 7.06. The fourth-order valence-electron chi connectivity index (χ4n) is 5.49. The van der Waals surface area contributed by atoms with Crippen molar-refractivity contribution in [2.24, 2.45) is 11.7 Å². The summed E-state index contributed by atoms with van der Waals surface area (Å²) in [5, 5.41) is -0.728. The SMILES string of the molecule is Cc1cc2c(c(C)c1OC(=O)Cc1ccccc1)CCC(CCOc1ccc(CC(Cl)C(N)=O)cc1)(CCC(C)C)O2. The lowest BCUT2D eigenvalue weighted by atomic mass is 9.82. The number of carbonyl (C=O) groups is 2. The van der Waals surface area contributed by atoms with Crippen molar-refractivity contribution in [3.8, 4) is 17.2 Å². The molecule has 2 unspecified atom stereocenters. The molecular weight excluding hydrogens is 550 g/mol. The van der Waals surface area contributed by atoms with Crippen molar-refractivity contribution in [2.75, 3.05) is 6.61 Å². The molecule has 0 radical (unpaired) electrons. The Hall–Kier alpha value is -3.51. The fraction of sp³-hybridized carbons (Fsp3) is 0.429. The zero-order chi connectivity index (χ0) is 30.3. The van der Waals surface area contributed by atoms with E-state index in [4.69, 9.17) is 31.5 Å². The second-order valence-electron chi connectivity index (χ2n) is 11.8. The molecule has 2 atom stereocenters. The molecule has 6 nitrogen and oxygen atoms in total. The Balaban J connectivity index is 1.44. The van der Waals surface area contributed by atoms with Crippen LogP contribution in [0.2, 0.25) is 0 Å². The summed E-state index contributed by atoms with van der Waals surface area (Å²) >= 11 is 6.00. The average molecular weight is 592 g/mol. The molecule has 3 aromatic carbocycles. The molecule has 1 amide bonds. The van der Waals surface area contributed by atoms with Gasteiger partial charge >= 0.3 is 5.97 Å². The van der Waals surface area contributed by atoms with Crippen molar-refractivity contribution in [1.29, 1.82) is 0 Å². The molecule has 0 saturated heterocycles. The number of ether oxygens (including phenoxy) is 3. The minimum atomic E-state index is -0.728. The summed E-state index contributed by atoms with van der Waals surface area (Å²) in [6.45, 7) is 8.96. The molecule has 1 heterocycles. The van der Waals surface area contributed by atoms with E-state index in [0.29, 0.717) is 24.7 Å². The number of halogens is 1. The van der Waals surface area contributed by atoms with E-state index < -0.39 is 11.3 Å². The zero-order valence-corrected chi connectivity index (χ0v) is 25.8. The minimum absolute atomic E-state index is 0.231. The normalized spacial score (nSPS) is 16.8. The van der Waals surface area contributed by atoms with Crippen LogP contribution >= 0.6 is 11.6 Å². The maximum atomic E-state index is 12.7. The van der Waals surface area contributed by atoms with Gasteiger partial charge in [0.25, 0.3) is 0 Å². The second-order valence-corrected chi connectivity index (χ2v) is 12.3. The lowest BCUT2D eigenvalue weighted by Crippen LogP contribution is -2.41. The topological polar surface area (TPSA) is 87.9 Å². The number of carbonyl (C=O) groups excluding carboxylic acids is 2. The van der Waals surface area contributed by atoms with Crippen molar-refractivity contribution < 1.29 is 23.8 Å². The smallest absolute Gasteiger partial charge is 0.315 e. The monoisotopic (exact) mass is 591 g/mol. The number of fused-ring (bicyclic) bond motifs is 1. The molecule has 0 aromatic heterocycles. The Labute approximate surface area is 254 Å². The predicted molar refractivity (Wildman–Crippen MR) is 167 cm³/mol. The Kier molecular flexibility index (Phi) is 10.6. The van der Waals surface area contributed by atoms with Gasteiger partial charge in [0.05, 0.1) is 13.0 Å². The number of nitrogens with two attached hydrogens (primary N) is 1. The van der Waals surface area contributed by atoms with Gasteiger partial charge in [-0.2, -0.15) is 0 Å². The largest absolute Gasteiger partial charge is 0.493 e. The highest BCUT2D eigenvalue weighted by Gasteiger charge is 2.37. The first-order valence-corrected chi connectivity index (χ1v) is 15.2. The maximum absolute atomic E-state index is 12.7. The van der Waals surface area contributed by atoms with Gasteiger partial charge in [-0.15, -0.1) is 11.6 Å². The van der Waals surface area contributed by atoms with Crippen molar-refractivity contribution in [3.05, 3.63) is 88.5 Å². The summed E-state index contributed by atoms with van der Waals surface area (Å²) in [6.07, 6.45) is 5.05. The number of rotatable bonds is 13. The quantitative estimate of drug-likeness (QED) is 0.131. The third kappa shape index (κ3) is 8.28. The van der Waals surface area contributed by atoms with Crippen molar-refractivity contribution >= 4 is 23.5 Å². The van der Waals surface area contributed by atoms with Crippen molar-refractivity contribution in [1.82, 2.24) is 0 Å². The summed E-state index contributed by atoms with van der Waals surface area (Å²) < 4.78 is 18.9. The first kappa shape index (κ1) is 31.4. The van der Waals surface area contributed by atoms with E-state index in [1.54, 1.807) is 0 Å². The number of benzene rings is 3. The van der Waals surface area contributed by atoms with Gasteiger partial charge in [0.1, 0.15) is 28.2 Å². The van der Waals surface area contributed by atoms with Crippen LogP contribution in [0.4, 0.5) is 0 Å². The van der Waals surface area contributed by atoms with E-state index in [-0.39, 0.29) is 18.0 Å². The zero-order valence-electron chi connectivity index (χ0n) is 25.1. The summed E-state index contributed by atoms with van der Waals surface area (Å²) in [7, 11) is 0. The molecule has 7 heteroatoms. The molecule has 1 aliphatic rings. The fourth-order valence-corrected chi connectivity index (χ4v) is 5.67. The lowest BCUT2D eigenvalue weighted by Gasteiger charge is -2.40. The Bertz CT molecular complexity index is 1370. The second kappa shape index (κ2) is 14.1. The molecule has 3 aromatic rings. The van der Waals surface area contributed by atoms with Crippen LogP contribution in [0.5, 0.6) is 17.2 Å². The summed E-state index contributed by atoms with van der Waals surface area (Å²) in [6, 6.07) is 19.3. The van der Waals surface area contributed by atoms with Crippen LogP contribution in [0.25, 0.3) is 0 Å². The summed E-state index contributed by atoms with van der Waals surface area (Å²) in [4.78, 5) is 24.0. The van der Waals surface area contributed by atoms with Gasteiger partial charge < -0.3 is 19.9 Å². The molecule has 0 aliphatic carbocycles. The summed E-state index contributed by atoms with van der Waals surface area (Å²) in [5.74, 6) is 2.03. The maximum Gasteiger partial charge on any atom is 0.315 e. The van der Waals surface area contributed by atoms with Crippen LogP contribution < -0.4 is 19.9 Å².